The number of phenolic OH excluding ortho intramolecular Hbond substituents is 1. The van der Waals surface area contributed by atoms with Gasteiger partial charge in [0.25, 0.3) is 5.91 Å². The number of nitrogens with one attached hydrogen (secondary N) is 1. The molecule has 2 N–H and O–H groups in total. The van der Waals surface area contributed by atoms with Crippen LogP contribution in [-0.4, -0.2) is 11.0 Å². The summed E-state index contributed by atoms with van der Waals surface area (Å²) in [5.41, 5.74) is 2.10. The summed E-state index contributed by atoms with van der Waals surface area (Å²) < 4.78 is 0.841. The predicted octanol–water partition coefficient (Wildman–Crippen LogP) is 4.37. The van der Waals surface area contributed by atoms with Crippen molar-refractivity contribution in [1.82, 2.24) is 0 Å². The molecule has 2 aromatic rings. The first kappa shape index (κ1) is 13.9. The van der Waals surface area contributed by atoms with Gasteiger partial charge in [0.15, 0.2) is 0 Å². The lowest BCUT2D eigenvalue weighted by Gasteiger charge is -2.09. The van der Waals surface area contributed by atoms with Crippen LogP contribution in [-0.2, 0) is 0 Å². The number of rotatable bonds is 2. The second kappa shape index (κ2) is 5.63. The van der Waals surface area contributed by atoms with E-state index < -0.39 is 0 Å². The Morgan fingerprint density at radius 2 is 2.05 bits per heavy atom. The van der Waals surface area contributed by atoms with Crippen molar-refractivity contribution < 1.29 is 9.90 Å². The first-order valence-corrected chi connectivity index (χ1v) is 6.71. The van der Waals surface area contributed by atoms with Gasteiger partial charge in [-0.2, -0.15) is 0 Å². The van der Waals surface area contributed by atoms with Crippen molar-refractivity contribution in [2.45, 2.75) is 6.92 Å². The largest absolute Gasteiger partial charge is 0.506 e. The highest BCUT2D eigenvalue weighted by molar-refractivity contribution is 9.10. The highest BCUT2D eigenvalue weighted by Gasteiger charge is 2.11. The minimum Gasteiger partial charge on any atom is -0.506 e. The fraction of sp³-hybridized carbons (Fsp3) is 0.0714. The molecule has 0 saturated heterocycles. The number of hydrogen-bond donors (Lipinski definition) is 2. The van der Waals surface area contributed by atoms with Crippen LogP contribution in [0.15, 0.2) is 40.9 Å². The van der Waals surface area contributed by atoms with Crippen LogP contribution in [0.4, 0.5) is 5.69 Å². The van der Waals surface area contributed by atoms with E-state index in [0.717, 1.165) is 10.0 Å². The third kappa shape index (κ3) is 3.08. The molecule has 0 spiro atoms. The van der Waals surface area contributed by atoms with Crippen LogP contribution in [0.5, 0.6) is 5.75 Å². The van der Waals surface area contributed by atoms with Crippen LogP contribution in [0.2, 0.25) is 5.02 Å². The molecule has 0 fully saturated rings. The molecule has 0 saturated carbocycles. The summed E-state index contributed by atoms with van der Waals surface area (Å²) in [7, 11) is 0. The van der Waals surface area contributed by atoms with E-state index in [4.69, 9.17) is 11.6 Å². The van der Waals surface area contributed by atoms with Crippen LogP contribution < -0.4 is 5.32 Å². The van der Waals surface area contributed by atoms with Gasteiger partial charge < -0.3 is 10.4 Å². The molecule has 0 radical (unpaired) electrons. The second-order valence-corrected chi connectivity index (χ2v) is 5.26. The van der Waals surface area contributed by atoms with Crippen LogP contribution in [0.25, 0.3) is 0 Å². The van der Waals surface area contributed by atoms with Gasteiger partial charge in [-0.25, -0.2) is 0 Å². The predicted molar refractivity (Wildman–Crippen MR) is 79.9 cm³/mol. The van der Waals surface area contributed by atoms with Gasteiger partial charge in [-0.3, -0.25) is 4.79 Å². The molecule has 3 nitrogen and oxygen atoms in total. The van der Waals surface area contributed by atoms with Gasteiger partial charge in [0, 0.05) is 10.0 Å². The number of hydrogen-bond acceptors (Lipinski definition) is 2. The van der Waals surface area contributed by atoms with Crippen molar-refractivity contribution in [3.8, 4) is 5.75 Å². The maximum atomic E-state index is 12.1. The lowest BCUT2D eigenvalue weighted by molar-refractivity contribution is 0.102. The van der Waals surface area contributed by atoms with Gasteiger partial charge in [0.2, 0.25) is 0 Å². The van der Waals surface area contributed by atoms with E-state index in [1.54, 1.807) is 6.07 Å². The Bertz CT molecular complexity index is 643. The molecule has 1 amide bonds. The van der Waals surface area contributed by atoms with Crippen molar-refractivity contribution >= 4 is 39.1 Å². The van der Waals surface area contributed by atoms with E-state index in [-0.39, 0.29) is 16.7 Å². The Morgan fingerprint density at radius 3 is 2.74 bits per heavy atom. The number of aryl methyl sites for hydroxylation is 1. The van der Waals surface area contributed by atoms with Crippen molar-refractivity contribution in [2.75, 3.05) is 5.32 Å². The van der Waals surface area contributed by atoms with Gasteiger partial charge in [-0.15, -0.1) is 0 Å². The number of amides is 1. The van der Waals surface area contributed by atoms with Gasteiger partial charge in [0.05, 0.1) is 10.7 Å². The summed E-state index contributed by atoms with van der Waals surface area (Å²) >= 11 is 9.20. The highest BCUT2D eigenvalue weighted by atomic mass is 79.9. The van der Waals surface area contributed by atoms with Crippen LogP contribution in [0, 0.1) is 6.92 Å². The van der Waals surface area contributed by atoms with E-state index >= 15 is 0 Å². The zero-order valence-electron chi connectivity index (χ0n) is 10.1. The van der Waals surface area contributed by atoms with Crippen LogP contribution in [0.1, 0.15) is 15.9 Å². The monoisotopic (exact) mass is 339 g/mol. The molecular weight excluding hydrogens is 330 g/mol. The molecule has 0 heterocycles. The minimum atomic E-state index is -0.284. The van der Waals surface area contributed by atoms with Gasteiger partial charge in [-0.1, -0.05) is 23.7 Å². The van der Waals surface area contributed by atoms with E-state index in [0.29, 0.717) is 11.3 Å². The van der Waals surface area contributed by atoms with Crippen LogP contribution >= 0.6 is 27.5 Å². The van der Waals surface area contributed by atoms with Crippen molar-refractivity contribution in [2.24, 2.45) is 0 Å². The number of carbonyl (C=O) groups excluding carboxylic acids is 1. The number of aromatic hydroxyl groups is 1. The number of carbonyl (C=O) groups is 1. The molecule has 0 aliphatic rings. The maximum Gasteiger partial charge on any atom is 0.255 e. The average molecular weight is 341 g/mol. The molecule has 19 heavy (non-hydrogen) atoms. The maximum absolute atomic E-state index is 12.1. The quantitative estimate of drug-likeness (QED) is 0.853. The summed E-state index contributed by atoms with van der Waals surface area (Å²) in [6.07, 6.45) is 0. The molecule has 2 rings (SSSR count). The molecule has 0 aromatic heterocycles. The standard InChI is InChI=1S/C14H11BrClNO2/c1-8-3-2-4-11(13(8)15)17-14(19)9-5-6-12(18)10(16)7-9/h2-7,18H,1H3,(H,17,19). The Morgan fingerprint density at radius 1 is 1.32 bits per heavy atom. The van der Waals surface area contributed by atoms with E-state index in [9.17, 15) is 9.90 Å². The Kier molecular flexibility index (Phi) is 4.12. The Labute approximate surface area is 124 Å². The zero-order chi connectivity index (χ0) is 14.0. The third-order valence-electron chi connectivity index (χ3n) is 2.65. The smallest absolute Gasteiger partial charge is 0.255 e. The normalized spacial score (nSPS) is 10.3. The molecule has 0 unspecified atom stereocenters. The minimum absolute atomic E-state index is 0.0463. The second-order valence-electron chi connectivity index (χ2n) is 4.06. The average Bonchev–Trinajstić information content (AvgIpc) is 2.38. The van der Waals surface area contributed by atoms with Crippen LogP contribution in [0.3, 0.4) is 0 Å². The lowest BCUT2D eigenvalue weighted by atomic mass is 10.2. The van der Waals surface area contributed by atoms with Crippen molar-refractivity contribution in [3.05, 3.63) is 57.0 Å². The highest BCUT2D eigenvalue weighted by Crippen LogP contribution is 2.27. The Balaban J connectivity index is 2.26. The molecule has 98 valence electrons. The summed E-state index contributed by atoms with van der Waals surface area (Å²) in [5, 5.41) is 12.3. The molecule has 5 heteroatoms. The number of phenols is 1. The summed E-state index contributed by atoms with van der Waals surface area (Å²) in [6.45, 7) is 1.94. The zero-order valence-corrected chi connectivity index (χ0v) is 12.4. The number of benzene rings is 2. The van der Waals surface area contributed by atoms with Crippen molar-refractivity contribution in [3.63, 3.8) is 0 Å². The molecule has 0 atom stereocenters. The molecule has 2 aromatic carbocycles. The summed E-state index contributed by atoms with van der Waals surface area (Å²) in [6, 6.07) is 9.94. The topological polar surface area (TPSA) is 49.3 Å². The van der Waals surface area contributed by atoms with Gasteiger partial charge >= 0.3 is 0 Å². The molecular formula is C14H11BrClNO2. The SMILES string of the molecule is Cc1cccc(NC(=O)c2ccc(O)c(Cl)c2)c1Br. The lowest BCUT2D eigenvalue weighted by Crippen LogP contribution is -2.12. The Hall–Kier alpha value is -1.52. The molecule has 0 aliphatic heterocycles. The third-order valence-corrected chi connectivity index (χ3v) is 4.01. The summed E-state index contributed by atoms with van der Waals surface area (Å²) in [5.74, 6) is -0.330. The van der Waals surface area contributed by atoms with E-state index in [2.05, 4.69) is 21.2 Å². The number of halogens is 2. The van der Waals surface area contributed by atoms with Gasteiger partial charge in [-0.05, 0) is 52.7 Å². The van der Waals surface area contributed by atoms with Crippen molar-refractivity contribution in [1.29, 1.82) is 0 Å². The molecule has 0 bridgehead atoms. The molecule has 0 aliphatic carbocycles. The fourth-order valence-electron chi connectivity index (χ4n) is 1.59. The van der Waals surface area contributed by atoms with E-state index in [1.807, 2.05) is 19.1 Å². The first-order valence-electron chi connectivity index (χ1n) is 5.54. The summed E-state index contributed by atoms with van der Waals surface area (Å²) in [4.78, 5) is 12.1. The van der Waals surface area contributed by atoms with E-state index in [1.165, 1.54) is 18.2 Å². The fourth-order valence-corrected chi connectivity index (χ4v) is 2.13. The number of anilines is 1. The first-order chi connectivity index (χ1) is 8.99. The van der Waals surface area contributed by atoms with Gasteiger partial charge in [0.1, 0.15) is 5.75 Å².